The molecule has 0 saturated heterocycles. The first kappa shape index (κ1) is 19.8. The lowest BCUT2D eigenvalue weighted by Crippen LogP contribution is -2.22. The van der Waals surface area contributed by atoms with Gasteiger partial charge < -0.3 is 9.84 Å². The van der Waals surface area contributed by atoms with Crippen LogP contribution in [0.4, 0.5) is 10.1 Å². The van der Waals surface area contributed by atoms with Crippen LogP contribution in [-0.2, 0) is 6.42 Å². The molecular weight excluding hydrogens is 409 g/mol. The largest absolute Gasteiger partial charge is 0.382 e. The second-order valence-electron chi connectivity index (χ2n) is 6.47. The summed E-state index contributed by atoms with van der Waals surface area (Å²) in [7, 11) is 0. The van der Waals surface area contributed by atoms with Crippen LogP contribution in [0, 0.1) is 5.82 Å². The molecule has 0 spiro atoms. The van der Waals surface area contributed by atoms with E-state index in [9.17, 15) is 9.18 Å². The van der Waals surface area contributed by atoms with Crippen molar-refractivity contribution < 1.29 is 8.91 Å². The number of nitrogens with one attached hydrogen (secondary N) is 1. The molecule has 7 nitrogen and oxygen atoms in total. The zero-order valence-corrected chi connectivity index (χ0v) is 16.5. The molecule has 1 N–H and O–H groups in total. The van der Waals surface area contributed by atoms with Crippen molar-refractivity contribution in [3.05, 3.63) is 87.9 Å². The van der Waals surface area contributed by atoms with Crippen molar-refractivity contribution >= 4 is 17.3 Å². The molecule has 9 heteroatoms. The maximum atomic E-state index is 13.0. The summed E-state index contributed by atoms with van der Waals surface area (Å²) in [6.45, 7) is 0.532. The Morgan fingerprint density at radius 2 is 1.87 bits per heavy atom. The van der Waals surface area contributed by atoms with E-state index in [-0.39, 0.29) is 10.8 Å². The summed E-state index contributed by atoms with van der Waals surface area (Å²) >= 11 is 6.22. The van der Waals surface area contributed by atoms with E-state index in [2.05, 4.69) is 20.6 Å². The summed E-state index contributed by atoms with van der Waals surface area (Å²) in [5.41, 5.74) is 1.39. The Hall–Kier alpha value is -3.52. The molecule has 152 valence electrons. The van der Waals surface area contributed by atoms with Crippen molar-refractivity contribution in [2.45, 2.75) is 12.8 Å². The number of hydrogen-bond donors (Lipinski definition) is 1. The van der Waals surface area contributed by atoms with Crippen molar-refractivity contribution in [3.8, 4) is 17.1 Å². The number of aromatic nitrogens is 4. The highest BCUT2D eigenvalue weighted by molar-refractivity contribution is 6.32. The third-order valence-electron chi connectivity index (χ3n) is 4.37. The number of benzene rings is 2. The number of hydrogen-bond acceptors (Lipinski definition) is 6. The van der Waals surface area contributed by atoms with Crippen LogP contribution in [0.25, 0.3) is 17.1 Å². The van der Waals surface area contributed by atoms with E-state index in [0.717, 1.165) is 0 Å². The van der Waals surface area contributed by atoms with Gasteiger partial charge in [-0.2, -0.15) is 14.8 Å². The summed E-state index contributed by atoms with van der Waals surface area (Å²) in [6.07, 6.45) is 2.73. The van der Waals surface area contributed by atoms with Gasteiger partial charge in [0.25, 0.3) is 5.56 Å². The van der Waals surface area contributed by atoms with Crippen molar-refractivity contribution in [1.29, 1.82) is 0 Å². The SMILES string of the molecule is O=c1c(Cl)c(NCCCc2nc(-c3ccc(F)cc3)no2)cnn1-c1ccccc1. The van der Waals surface area contributed by atoms with E-state index in [1.54, 1.807) is 24.3 Å². The first-order valence-corrected chi connectivity index (χ1v) is 9.65. The molecule has 2 aromatic heterocycles. The molecule has 0 aliphatic rings. The molecule has 0 radical (unpaired) electrons. The van der Waals surface area contributed by atoms with Crippen molar-refractivity contribution in [1.82, 2.24) is 19.9 Å². The van der Waals surface area contributed by atoms with Gasteiger partial charge in [-0.3, -0.25) is 4.79 Å². The van der Waals surface area contributed by atoms with Gasteiger partial charge in [-0.1, -0.05) is 35.0 Å². The normalized spacial score (nSPS) is 10.9. The molecule has 0 fully saturated rings. The predicted octanol–water partition coefficient (Wildman–Crippen LogP) is 4.12. The smallest absolute Gasteiger partial charge is 0.292 e. The average molecular weight is 426 g/mol. The summed E-state index contributed by atoms with van der Waals surface area (Å²) in [4.78, 5) is 16.8. The number of para-hydroxylation sites is 1. The van der Waals surface area contributed by atoms with Crippen LogP contribution in [0.2, 0.25) is 5.02 Å². The van der Waals surface area contributed by atoms with Crippen molar-refractivity contribution in [2.24, 2.45) is 0 Å². The first-order chi connectivity index (χ1) is 14.6. The number of anilines is 1. The highest BCUT2D eigenvalue weighted by atomic mass is 35.5. The van der Waals surface area contributed by atoms with Crippen LogP contribution in [0.1, 0.15) is 12.3 Å². The predicted molar refractivity (Wildman–Crippen MR) is 111 cm³/mol. The minimum Gasteiger partial charge on any atom is -0.382 e. The molecule has 0 aliphatic carbocycles. The molecule has 0 amide bonds. The summed E-state index contributed by atoms with van der Waals surface area (Å²) in [6, 6.07) is 14.9. The molecular formula is C21H17ClFN5O2. The van der Waals surface area contributed by atoms with Gasteiger partial charge in [-0.25, -0.2) is 4.39 Å². The van der Waals surface area contributed by atoms with Gasteiger partial charge in [0, 0.05) is 18.5 Å². The maximum absolute atomic E-state index is 13.0. The van der Waals surface area contributed by atoms with E-state index in [0.29, 0.717) is 48.0 Å². The molecule has 30 heavy (non-hydrogen) atoms. The van der Waals surface area contributed by atoms with Crippen LogP contribution in [-0.4, -0.2) is 26.5 Å². The van der Waals surface area contributed by atoms with Gasteiger partial charge in [0.1, 0.15) is 10.8 Å². The Bertz CT molecular complexity index is 1190. The summed E-state index contributed by atoms with van der Waals surface area (Å²) in [5, 5.41) is 11.3. The van der Waals surface area contributed by atoms with Gasteiger partial charge in [0.05, 0.1) is 17.6 Å². The number of halogens is 2. The highest BCUT2D eigenvalue weighted by Gasteiger charge is 2.11. The summed E-state index contributed by atoms with van der Waals surface area (Å²) in [5.74, 6) is 0.563. The van der Waals surface area contributed by atoms with Crippen LogP contribution >= 0.6 is 11.6 Å². The second kappa shape index (κ2) is 8.87. The minimum absolute atomic E-state index is 0.0743. The van der Waals surface area contributed by atoms with E-state index in [1.165, 1.54) is 23.0 Å². The third-order valence-corrected chi connectivity index (χ3v) is 4.74. The van der Waals surface area contributed by atoms with Gasteiger partial charge in [0.2, 0.25) is 11.7 Å². The Balaban J connectivity index is 1.34. The first-order valence-electron chi connectivity index (χ1n) is 9.27. The molecule has 0 atom stereocenters. The molecule has 4 aromatic rings. The lowest BCUT2D eigenvalue weighted by molar-refractivity contribution is 0.377. The van der Waals surface area contributed by atoms with Crippen LogP contribution < -0.4 is 10.9 Å². The Morgan fingerprint density at radius 3 is 2.63 bits per heavy atom. The van der Waals surface area contributed by atoms with Gasteiger partial charge in [-0.15, -0.1) is 0 Å². The molecule has 0 unspecified atom stereocenters. The van der Waals surface area contributed by atoms with E-state index in [1.807, 2.05) is 18.2 Å². The molecule has 0 bridgehead atoms. The third kappa shape index (κ3) is 4.38. The number of rotatable bonds is 7. The monoisotopic (exact) mass is 425 g/mol. The highest BCUT2D eigenvalue weighted by Crippen LogP contribution is 2.18. The van der Waals surface area contributed by atoms with Crippen LogP contribution in [0.5, 0.6) is 0 Å². The lowest BCUT2D eigenvalue weighted by Gasteiger charge is -2.09. The van der Waals surface area contributed by atoms with Gasteiger partial charge >= 0.3 is 0 Å². The Labute approximate surface area is 176 Å². The van der Waals surface area contributed by atoms with E-state index >= 15 is 0 Å². The van der Waals surface area contributed by atoms with E-state index < -0.39 is 5.56 Å². The van der Waals surface area contributed by atoms with Gasteiger partial charge in [0.15, 0.2) is 0 Å². The zero-order chi connectivity index (χ0) is 20.9. The van der Waals surface area contributed by atoms with Gasteiger partial charge in [-0.05, 0) is 42.8 Å². The molecule has 0 saturated carbocycles. The Kier molecular flexibility index (Phi) is 5.85. The quantitative estimate of drug-likeness (QED) is 0.448. The lowest BCUT2D eigenvalue weighted by atomic mass is 10.2. The molecule has 2 aromatic carbocycles. The fourth-order valence-corrected chi connectivity index (χ4v) is 3.04. The van der Waals surface area contributed by atoms with Crippen molar-refractivity contribution in [2.75, 3.05) is 11.9 Å². The maximum Gasteiger partial charge on any atom is 0.292 e. The molecule has 2 heterocycles. The van der Waals surface area contributed by atoms with E-state index in [4.69, 9.17) is 16.1 Å². The Morgan fingerprint density at radius 1 is 1.10 bits per heavy atom. The number of aryl methyl sites for hydroxylation is 1. The minimum atomic E-state index is -0.395. The molecule has 0 aliphatic heterocycles. The standard InChI is InChI=1S/C21H17ClFN5O2/c22-19-17(13-25-28(21(19)29)16-5-2-1-3-6-16)24-12-4-7-18-26-20(27-30-18)14-8-10-15(23)11-9-14/h1-3,5-6,8-11,13,24H,4,7,12H2. The molecule has 4 rings (SSSR count). The van der Waals surface area contributed by atoms with Crippen LogP contribution in [0.15, 0.2) is 70.1 Å². The number of nitrogens with zero attached hydrogens (tertiary/aromatic N) is 4. The fourth-order valence-electron chi connectivity index (χ4n) is 2.84. The average Bonchev–Trinajstić information content (AvgIpc) is 3.24. The summed E-state index contributed by atoms with van der Waals surface area (Å²) < 4.78 is 19.5. The topological polar surface area (TPSA) is 85.8 Å². The second-order valence-corrected chi connectivity index (χ2v) is 6.85. The zero-order valence-electron chi connectivity index (χ0n) is 15.8. The van der Waals surface area contributed by atoms with Crippen molar-refractivity contribution in [3.63, 3.8) is 0 Å². The fraction of sp³-hybridized carbons (Fsp3) is 0.143. The van der Waals surface area contributed by atoms with Crippen LogP contribution in [0.3, 0.4) is 0 Å².